The third-order valence-corrected chi connectivity index (χ3v) is 3.09. The Morgan fingerprint density at radius 3 is 2.77 bits per heavy atom. The van der Waals surface area contributed by atoms with Crippen LogP contribution < -0.4 is 0 Å². The number of benzene rings is 1. The number of fused-ring (bicyclic) bond motifs is 1. The van der Waals surface area contributed by atoms with E-state index in [0.717, 1.165) is 22.9 Å². The minimum atomic E-state index is 0.0556. The van der Waals surface area contributed by atoms with E-state index in [1.807, 2.05) is 0 Å². The number of carbonyl (C=O) groups excluding carboxylic acids is 1. The smallest absolute Gasteiger partial charge is 0.166 e. The van der Waals surface area contributed by atoms with Gasteiger partial charge in [-0.2, -0.15) is 0 Å². The minimum absolute atomic E-state index is 0.0556. The second kappa shape index (κ2) is 3.14. The Morgan fingerprint density at radius 1 is 1.31 bits per heavy atom. The van der Waals surface area contributed by atoms with Crippen molar-refractivity contribution in [1.29, 1.82) is 0 Å². The summed E-state index contributed by atoms with van der Waals surface area (Å²) in [5.74, 6) is 0.169. The zero-order valence-electron chi connectivity index (χ0n) is 7.01. The summed E-state index contributed by atoms with van der Waals surface area (Å²) >= 11 is 3.38. The zero-order valence-corrected chi connectivity index (χ0v) is 8.60. The predicted molar refractivity (Wildman–Crippen MR) is 53.1 cm³/mol. The molecule has 0 fully saturated rings. The Balaban J connectivity index is 2.67. The molecule has 1 aromatic carbocycles. The Bertz CT molecular complexity index is 371. The molecule has 0 bridgehead atoms. The third kappa shape index (κ3) is 1.37. The molecule has 0 atom stereocenters. The van der Waals surface area contributed by atoms with E-state index in [0.29, 0.717) is 12.0 Å². The molecule has 0 radical (unpaired) electrons. The predicted octanol–water partition coefficient (Wildman–Crippen LogP) is 2.67. The lowest BCUT2D eigenvalue weighted by Gasteiger charge is -2.16. The maximum atomic E-state index is 11.5. The average molecular weight is 241 g/mol. The van der Waals surface area contributed by atoms with Gasteiger partial charge in [-0.1, -0.05) is 15.9 Å². The first kappa shape index (κ1) is 8.75. The molecule has 1 aromatic rings. The number of hydrogen-bond acceptors (Lipinski definition) is 2. The van der Waals surface area contributed by atoms with E-state index in [4.69, 9.17) is 0 Å². The number of phenols is 1. The van der Waals surface area contributed by atoms with Crippen LogP contribution in [-0.4, -0.2) is 10.9 Å². The molecule has 1 N–H and O–H groups in total. The largest absolute Gasteiger partial charge is 0.507 e. The van der Waals surface area contributed by atoms with Crippen LogP contribution in [0.5, 0.6) is 5.75 Å². The highest BCUT2D eigenvalue weighted by atomic mass is 79.9. The van der Waals surface area contributed by atoms with Gasteiger partial charge in [-0.05, 0) is 30.5 Å². The summed E-state index contributed by atoms with van der Waals surface area (Å²) < 4.78 is 0.924. The summed E-state index contributed by atoms with van der Waals surface area (Å²) in [7, 11) is 0. The van der Waals surface area contributed by atoms with Gasteiger partial charge in [-0.3, -0.25) is 4.79 Å². The van der Waals surface area contributed by atoms with Crippen LogP contribution in [0.1, 0.15) is 28.8 Å². The summed E-state index contributed by atoms with van der Waals surface area (Å²) in [5.41, 5.74) is 1.47. The second-order valence-corrected chi connectivity index (χ2v) is 4.05. The molecule has 2 nitrogen and oxygen atoms in total. The van der Waals surface area contributed by atoms with Gasteiger partial charge >= 0.3 is 0 Å². The van der Waals surface area contributed by atoms with E-state index in [9.17, 15) is 9.90 Å². The average Bonchev–Trinajstić information content (AvgIpc) is 2.12. The van der Waals surface area contributed by atoms with Crippen LogP contribution in [0.3, 0.4) is 0 Å². The van der Waals surface area contributed by atoms with Crippen molar-refractivity contribution < 1.29 is 9.90 Å². The summed E-state index contributed by atoms with van der Waals surface area (Å²) in [6, 6.07) is 3.35. The fourth-order valence-electron chi connectivity index (χ4n) is 1.72. The molecule has 3 heteroatoms. The molecule has 0 amide bonds. The number of hydrogen-bond donors (Lipinski definition) is 1. The first-order chi connectivity index (χ1) is 6.20. The Hall–Kier alpha value is -0.830. The van der Waals surface area contributed by atoms with Gasteiger partial charge in [-0.25, -0.2) is 0 Å². The number of rotatable bonds is 0. The summed E-state index contributed by atoms with van der Waals surface area (Å²) in [5, 5.41) is 9.51. The first-order valence-corrected chi connectivity index (χ1v) is 5.03. The molecule has 0 saturated carbocycles. The molecule has 0 saturated heterocycles. The normalized spacial score (nSPS) is 15.6. The van der Waals surface area contributed by atoms with Crippen molar-refractivity contribution in [3.05, 3.63) is 27.7 Å². The summed E-state index contributed by atoms with van der Waals surface area (Å²) in [6.07, 6.45) is 2.31. The molecule has 0 unspecified atom stereocenters. The van der Waals surface area contributed by atoms with E-state index in [1.54, 1.807) is 12.1 Å². The quantitative estimate of drug-likeness (QED) is 0.758. The van der Waals surface area contributed by atoms with E-state index in [1.165, 1.54) is 0 Å². The zero-order chi connectivity index (χ0) is 9.42. The van der Waals surface area contributed by atoms with Crippen molar-refractivity contribution >= 4 is 21.7 Å². The molecule has 1 aliphatic carbocycles. The SMILES string of the molecule is O=C1CCCc2c(Br)ccc(O)c21. The fraction of sp³-hybridized carbons (Fsp3) is 0.300. The molecule has 2 rings (SSSR count). The monoisotopic (exact) mass is 240 g/mol. The van der Waals surface area contributed by atoms with E-state index < -0.39 is 0 Å². The number of phenolic OH excluding ortho intramolecular Hbond substituents is 1. The van der Waals surface area contributed by atoms with Crippen molar-refractivity contribution in [1.82, 2.24) is 0 Å². The molecule has 1 aliphatic rings. The minimum Gasteiger partial charge on any atom is -0.507 e. The van der Waals surface area contributed by atoms with Crippen molar-refractivity contribution in [2.24, 2.45) is 0 Å². The Labute approximate surface area is 84.7 Å². The van der Waals surface area contributed by atoms with E-state index in [2.05, 4.69) is 15.9 Å². The Morgan fingerprint density at radius 2 is 2.08 bits per heavy atom. The number of Topliss-reactive ketones (excluding diaryl/α,β-unsaturated/α-hetero) is 1. The van der Waals surface area contributed by atoms with Gasteiger partial charge < -0.3 is 5.11 Å². The lowest BCUT2D eigenvalue weighted by atomic mass is 9.90. The van der Waals surface area contributed by atoms with Crippen molar-refractivity contribution in [3.8, 4) is 5.75 Å². The van der Waals surface area contributed by atoms with Gasteiger partial charge in [0.2, 0.25) is 0 Å². The maximum Gasteiger partial charge on any atom is 0.166 e. The number of ketones is 1. The number of halogens is 1. The van der Waals surface area contributed by atoms with Crippen molar-refractivity contribution in [2.75, 3.05) is 0 Å². The fourth-order valence-corrected chi connectivity index (χ4v) is 2.24. The van der Waals surface area contributed by atoms with Crippen LogP contribution in [0, 0.1) is 0 Å². The summed E-state index contributed by atoms with van der Waals surface area (Å²) in [6.45, 7) is 0. The topological polar surface area (TPSA) is 37.3 Å². The number of aromatic hydroxyl groups is 1. The molecule has 13 heavy (non-hydrogen) atoms. The number of carbonyl (C=O) groups is 1. The molecule has 0 aliphatic heterocycles. The highest BCUT2D eigenvalue weighted by Crippen LogP contribution is 2.33. The van der Waals surface area contributed by atoms with Crippen LogP contribution in [0.4, 0.5) is 0 Å². The lowest BCUT2D eigenvalue weighted by Crippen LogP contribution is -2.11. The van der Waals surface area contributed by atoms with Crippen LogP contribution in [0.2, 0.25) is 0 Å². The van der Waals surface area contributed by atoms with Gasteiger partial charge in [0.15, 0.2) is 5.78 Å². The van der Waals surface area contributed by atoms with Gasteiger partial charge in [0.05, 0.1) is 5.56 Å². The van der Waals surface area contributed by atoms with Crippen molar-refractivity contribution in [3.63, 3.8) is 0 Å². The van der Waals surface area contributed by atoms with Gasteiger partial charge in [0.1, 0.15) is 5.75 Å². The van der Waals surface area contributed by atoms with Crippen molar-refractivity contribution in [2.45, 2.75) is 19.3 Å². The van der Waals surface area contributed by atoms with Crippen LogP contribution in [-0.2, 0) is 6.42 Å². The summed E-state index contributed by atoms with van der Waals surface area (Å²) in [4.78, 5) is 11.5. The first-order valence-electron chi connectivity index (χ1n) is 4.23. The standard InChI is InChI=1S/C10H9BrO2/c11-7-4-5-9(13)10-6(7)2-1-3-8(10)12/h4-5,13H,1-3H2. The second-order valence-electron chi connectivity index (χ2n) is 3.20. The van der Waals surface area contributed by atoms with Crippen LogP contribution in [0.25, 0.3) is 0 Å². The van der Waals surface area contributed by atoms with Crippen LogP contribution >= 0.6 is 15.9 Å². The molecular weight excluding hydrogens is 232 g/mol. The highest BCUT2D eigenvalue weighted by Gasteiger charge is 2.22. The van der Waals surface area contributed by atoms with Gasteiger partial charge in [-0.15, -0.1) is 0 Å². The van der Waals surface area contributed by atoms with Gasteiger partial charge in [0.25, 0.3) is 0 Å². The van der Waals surface area contributed by atoms with E-state index >= 15 is 0 Å². The molecule has 0 aromatic heterocycles. The Kier molecular flexibility index (Phi) is 2.12. The molecule has 68 valence electrons. The third-order valence-electron chi connectivity index (χ3n) is 2.34. The van der Waals surface area contributed by atoms with Gasteiger partial charge in [0, 0.05) is 10.9 Å². The van der Waals surface area contributed by atoms with Crippen LogP contribution in [0.15, 0.2) is 16.6 Å². The molecule has 0 spiro atoms. The highest BCUT2D eigenvalue weighted by molar-refractivity contribution is 9.10. The van der Waals surface area contributed by atoms with E-state index in [-0.39, 0.29) is 11.5 Å². The molecular formula is C10H9BrO2. The molecule has 0 heterocycles. The lowest BCUT2D eigenvalue weighted by molar-refractivity contribution is 0.0969. The maximum absolute atomic E-state index is 11.5.